The summed E-state index contributed by atoms with van der Waals surface area (Å²) in [5, 5.41) is 5.14. The molecule has 0 aliphatic rings. The van der Waals surface area contributed by atoms with Crippen LogP contribution in [0.2, 0.25) is 5.02 Å². The van der Waals surface area contributed by atoms with Crippen molar-refractivity contribution in [3.8, 4) is 17.2 Å². The van der Waals surface area contributed by atoms with Crippen molar-refractivity contribution in [1.82, 2.24) is 5.43 Å². The molecule has 4 aromatic rings. The number of hydrogen-bond acceptors (Lipinski definition) is 7. The van der Waals surface area contributed by atoms with Crippen LogP contribution in [0.1, 0.15) is 25.6 Å². The molecule has 0 unspecified atom stereocenters. The highest BCUT2D eigenvalue weighted by Gasteiger charge is 2.20. The van der Waals surface area contributed by atoms with E-state index in [0.717, 1.165) is 10.1 Å². The minimum Gasteiger partial charge on any atom is -0.497 e. The first-order valence-electron chi connectivity index (χ1n) is 10.0. The molecule has 3 aromatic carbocycles. The van der Waals surface area contributed by atoms with Crippen LogP contribution in [0.4, 0.5) is 0 Å². The number of thiophene rings is 1. The molecule has 1 amide bonds. The number of nitrogens with zero attached hydrogens (tertiary/aromatic N) is 1. The van der Waals surface area contributed by atoms with Crippen molar-refractivity contribution >= 4 is 51.1 Å². The maximum Gasteiger partial charge on any atom is 0.355 e. The molecule has 172 valence electrons. The molecule has 0 saturated heterocycles. The van der Waals surface area contributed by atoms with Gasteiger partial charge < -0.3 is 14.2 Å². The third-order valence-corrected chi connectivity index (χ3v) is 6.48. The molecule has 0 radical (unpaired) electrons. The molecule has 0 atom stereocenters. The summed E-state index contributed by atoms with van der Waals surface area (Å²) in [4.78, 5) is 25.3. The zero-order valence-electron chi connectivity index (χ0n) is 18.2. The normalized spacial score (nSPS) is 10.9. The Morgan fingerprint density at radius 1 is 0.971 bits per heavy atom. The zero-order valence-corrected chi connectivity index (χ0v) is 19.8. The molecule has 0 spiro atoms. The molecule has 4 rings (SSSR count). The number of rotatable bonds is 7. The molecule has 9 heteroatoms. The zero-order chi connectivity index (χ0) is 24.1. The van der Waals surface area contributed by atoms with Crippen molar-refractivity contribution < 1.29 is 23.8 Å². The van der Waals surface area contributed by atoms with Crippen molar-refractivity contribution in [2.45, 2.75) is 0 Å². The Morgan fingerprint density at radius 3 is 2.56 bits per heavy atom. The van der Waals surface area contributed by atoms with Crippen LogP contribution in [0, 0.1) is 0 Å². The van der Waals surface area contributed by atoms with Gasteiger partial charge in [-0.25, -0.2) is 10.2 Å². The molecule has 1 heterocycles. The Kier molecular flexibility index (Phi) is 7.10. The molecular formula is C25H19ClN2O5S. The van der Waals surface area contributed by atoms with Gasteiger partial charge in [0.05, 0.1) is 25.5 Å². The summed E-state index contributed by atoms with van der Waals surface area (Å²) in [5.74, 6) is 0.181. The van der Waals surface area contributed by atoms with Gasteiger partial charge in [0.2, 0.25) is 0 Å². The average molecular weight is 495 g/mol. The van der Waals surface area contributed by atoms with Crippen molar-refractivity contribution in [1.29, 1.82) is 0 Å². The Labute approximate surface area is 204 Å². The van der Waals surface area contributed by atoms with E-state index in [1.54, 1.807) is 42.5 Å². The molecule has 0 bridgehead atoms. The van der Waals surface area contributed by atoms with Crippen molar-refractivity contribution in [2.75, 3.05) is 14.2 Å². The van der Waals surface area contributed by atoms with Gasteiger partial charge in [0, 0.05) is 15.6 Å². The highest BCUT2D eigenvalue weighted by molar-refractivity contribution is 7.21. The van der Waals surface area contributed by atoms with E-state index in [0.29, 0.717) is 32.5 Å². The third-order valence-electron chi connectivity index (χ3n) is 4.82. The number of halogens is 1. The molecule has 1 N–H and O–H groups in total. The van der Waals surface area contributed by atoms with Crippen LogP contribution < -0.4 is 19.6 Å². The van der Waals surface area contributed by atoms with Gasteiger partial charge in [-0.15, -0.1) is 11.3 Å². The number of esters is 1. The standard InChI is InChI=1S/C25H19ClN2O5S/c1-31-17-7-5-6-16(13-17)24(29)28-27-14-15-10-11-19(20(12-15)32-2)33-25(30)23-22(26)18-8-3-4-9-21(18)34-23/h3-14H,1-2H3,(H,28,29). The van der Waals surface area contributed by atoms with Gasteiger partial charge in [-0.2, -0.15) is 5.10 Å². The van der Waals surface area contributed by atoms with E-state index in [1.807, 2.05) is 24.3 Å². The van der Waals surface area contributed by atoms with Crippen LogP contribution in [0.5, 0.6) is 17.2 Å². The fourth-order valence-corrected chi connectivity index (χ4v) is 4.52. The van der Waals surface area contributed by atoms with E-state index in [1.165, 1.54) is 31.8 Å². The first-order chi connectivity index (χ1) is 16.5. The molecule has 34 heavy (non-hydrogen) atoms. The third kappa shape index (κ3) is 5.03. The number of methoxy groups -OCH3 is 2. The maximum absolute atomic E-state index is 12.8. The number of nitrogens with one attached hydrogen (secondary N) is 1. The summed E-state index contributed by atoms with van der Waals surface area (Å²) >= 11 is 7.65. The number of benzene rings is 3. The van der Waals surface area contributed by atoms with Crippen LogP contribution >= 0.6 is 22.9 Å². The second-order valence-electron chi connectivity index (χ2n) is 6.97. The van der Waals surface area contributed by atoms with Crippen molar-refractivity contribution in [2.24, 2.45) is 5.10 Å². The number of fused-ring (bicyclic) bond motifs is 1. The molecule has 0 fully saturated rings. The smallest absolute Gasteiger partial charge is 0.355 e. The van der Waals surface area contributed by atoms with Gasteiger partial charge in [-0.1, -0.05) is 35.9 Å². The van der Waals surface area contributed by atoms with Gasteiger partial charge in [0.1, 0.15) is 10.6 Å². The van der Waals surface area contributed by atoms with Crippen LogP contribution in [-0.4, -0.2) is 32.3 Å². The summed E-state index contributed by atoms with van der Waals surface area (Å²) < 4.78 is 16.9. The predicted octanol–water partition coefficient (Wildman–Crippen LogP) is 5.56. The van der Waals surface area contributed by atoms with E-state index < -0.39 is 5.97 Å². The van der Waals surface area contributed by atoms with Crippen molar-refractivity contribution in [3.63, 3.8) is 0 Å². The van der Waals surface area contributed by atoms with Gasteiger partial charge in [-0.3, -0.25) is 4.79 Å². The molecular weight excluding hydrogens is 476 g/mol. The Morgan fingerprint density at radius 2 is 1.79 bits per heavy atom. The molecule has 7 nitrogen and oxygen atoms in total. The SMILES string of the molecule is COc1cccc(C(=O)NN=Cc2ccc(OC(=O)c3sc4ccccc4c3Cl)c(OC)c2)c1. The average Bonchev–Trinajstić information content (AvgIpc) is 3.21. The maximum atomic E-state index is 12.8. The Bertz CT molecular complexity index is 1400. The summed E-state index contributed by atoms with van der Waals surface area (Å²) in [7, 11) is 2.99. The minimum absolute atomic E-state index is 0.235. The van der Waals surface area contributed by atoms with E-state index in [-0.39, 0.29) is 11.7 Å². The first kappa shape index (κ1) is 23.3. The first-order valence-corrected chi connectivity index (χ1v) is 11.2. The van der Waals surface area contributed by atoms with Gasteiger partial charge >= 0.3 is 5.97 Å². The molecule has 1 aromatic heterocycles. The van der Waals surface area contributed by atoms with E-state index >= 15 is 0 Å². The summed E-state index contributed by atoms with van der Waals surface area (Å²) in [5.41, 5.74) is 3.50. The Balaban J connectivity index is 1.46. The van der Waals surface area contributed by atoms with Crippen LogP contribution in [0.25, 0.3) is 10.1 Å². The summed E-state index contributed by atoms with van der Waals surface area (Å²) in [6, 6.07) is 19.1. The Hall–Kier alpha value is -3.88. The monoisotopic (exact) mass is 494 g/mol. The second-order valence-corrected chi connectivity index (χ2v) is 8.40. The number of amides is 1. The quantitative estimate of drug-likeness (QED) is 0.157. The lowest BCUT2D eigenvalue weighted by atomic mass is 10.2. The highest BCUT2D eigenvalue weighted by Crippen LogP contribution is 2.37. The minimum atomic E-state index is -0.573. The summed E-state index contributed by atoms with van der Waals surface area (Å²) in [6.07, 6.45) is 1.45. The van der Waals surface area contributed by atoms with E-state index in [4.69, 9.17) is 25.8 Å². The summed E-state index contributed by atoms with van der Waals surface area (Å²) in [6.45, 7) is 0. The topological polar surface area (TPSA) is 86.2 Å². The van der Waals surface area contributed by atoms with Gasteiger partial charge in [0.15, 0.2) is 11.5 Å². The lowest BCUT2D eigenvalue weighted by Crippen LogP contribution is -2.17. The van der Waals surface area contributed by atoms with Crippen LogP contribution in [0.15, 0.2) is 71.8 Å². The number of carbonyl (C=O) groups is 2. The fourth-order valence-electron chi connectivity index (χ4n) is 3.13. The van der Waals surface area contributed by atoms with Crippen LogP contribution in [-0.2, 0) is 0 Å². The van der Waals surface area contributed by atoms with Crippen LogP contribution in [0.3, 0.4) is 0 Å². The van der Waals surface area contributed by atoms with Gasteiger partial charge in [-0.05, 0) is 48.0 Å². The molecule has 0 aliphatic carbocycles. The van der Waals surface area contributed by atoms with Gasteiger partial charge in [0.25, 0.3) is 5.91 Å². The van der Waals surface area contributed by atoms with E-state index in [9.17, 15) is 9.59 Å². The fraction of sp³-hybridized carbons (Fsp3) is 0.0800. The largest absolute Gasteiger partial charge is 0.497 e. The number of carbonyl (C=O) groups excluding carboxylic acids is 2. The number of hydrazone groups is 1. The lowest BCUT2D eigenvalue weighted by molar-refractivity contribution is 0.0734. The number of hydrogen-bond donors (Lipinski definition) is 1. The molecule has 0 saturated carbocycles. The second kappa shape index (κ2) is 10.4. The lowest BCUT2D eigenvalue weighted by Gasteiger charge is -2.09. The molecule has 0 aliphatic heterocycles. The van der Waals surface area contributed by atoms with E-state index in [2.05, 4.69) is 10.5 Å². The van der Waals surface area contributed by atoms with Crippen molar-refractivity contribution in [3.05, 3.63) is 87.8 Å². The number of ether oxygens (including phenoxy) is 3. The highest BCUT2D eigenvalue weighted by atomic mass is 35.5. The predicted molar refractivity (Wildman–Crippen MR) is 133 cm³/mol.